The van der Waals surface area contributed by atoms with E-state index in [0.29, 0.717) is 11.3 Å². The molecule has 1 aliphatic heterocycles. The minimum atomic E-state index is -0.395. The van der Waals surface area contributed by atoms with Gasteiger partial charge in [-0.2, -0.15) is 12.6 Å². The lowest BCUT2D eigenvalue weighted by Crippen LogP contribution is -2.44. The number of piperidine rings is 1. The van der Waals surface area contributed by atoms with Gasteiger partial charge in [0.1, 0.15) is 5.60 Å². The fourth-order valence-corrected chi connectivity index (χ4v) is 3.35. The lowest BCUT2D eigenvalue weighted by atomic mass is 9.93. The molecular formula is C13H23NO2S. The minimum absolute atomic E-state index is 0.151. The summed E-state index contributed by atoms with van der Waals surface area (Å²) in [5, 5.41) is 0. The van der Waals surface area contributed by atoms with Crippen LogP contribution in [0, 0.1) is 11.3 Å². The van der Waals surface area contributed by atoms with Crippen LogP contribution in [0.15, 0.2) is 0 Å². The van der Waals surface area contributed by atoms with Crippen molar-refractivity contribution in [2.45, 2.75) is 45.6 Å². The van der Waals surface area contributed by atoms with E-state index < -0.39 is 5.60 Å². The van der Waals surface area contributed by atoms with E-state index in [9.17, 15) is 4.79 Å². The largest absolute Gasteiger partial charge is 0.444 e. The van der Waals surface area contributed by atoms with Crippen LogP contribution in [0.25, 0.3) is 0 Å². The lowest BCUT2D eigenvalue weighted by Gasteiger charge is -2.35. The molecule has 3 nitrogen and oxygen atoms in total. The molecule has 1 amide bonds. The summed E-state index contributed by atoms with van der Waals surface area (Å²) in [6, 6.07) is 0. The Morgan fingerprint density at radius 2 is 2.24 bits per heavy atom. The number of amides is 1. The highest BCUT2D eigenvalue weighted by molar-refractivity contribution is 7.80. The van der Waals surface area contributed by atoms with Gasteiger partial charge in [0.25, 0.3) is 0 Å². The molecule has 2 atom stereocenters. The highest BCUT2D eigenvalue weighted by atomic mass is 32.1. The topological polar surface area (TPSA) is 29.5 Å². The molecule has 1 saturated heterocycles. The second-order valence-corrected chi connectivity index (χ2v) is 6.82. The van der Waals surface area contributed by atoms with Gasteiger partial charge in [-0.05, 0) is 57.1 Å². The first-order valence-electron chi connectivity index (χ1n) is 6.45. The number of likely N-dealkylation sites (tertiary alicyclic amines) is 1. The van der Waals surface area contributed by atoms with Crippen molar-refractivity contribution in [3.05, 3.63) is 0 Å². The van der Waals surface area contributed by atoms with Crippen LogP contribution in [0.4, 0.5) is 4.79 Å². The first-order valence-corrected chi connectivity index (χ1v) is 7.08. The number of thiol groups is 1. The monoisotopic (exact) mass is 257 g/mol. The summed E-state index contributed by atoms with van der Waals surface area (Å²) in [6.07, 6.45) is 3.43. The highest BCUT2D eigenvalue weighted by Gasteiger charge is 2.55. The first kappa shape index (κ1) is 13.1. The van der Waals surface area contributed by atoms with Crippen LogP contribution < -0.4 is 0 Å². The second kappa shape index (κ2) is 4.38. The Morgan fingerprint density at radius 3 is 2.76 bits per heavy atom. The van der Waals surface area contributed by atoms with E-state index >= 15 is 0 Å². The molecule has 2 aliphatic rings. The summed E-state index contributed by atoms with van der Waals surface area (Å²) in [6.45, 7) is 7.46. The SMILES string of the molecule is CC(C)(C)OC(=O)N1CCCC2(CC2CS)C1. The van der Waals surface area contributed by atoms with Gasteiger partial charge in [-0.25, -0.2) is 4.79 Å². The van der Waals surface area contributed by atoms with Crippen molar-refractivity contribution >= 4 is 18.7 Å². The molecule has 1 aliphatic carbocycles. The zero-order valence-electron chi connectivity index (χ0n) is 11.0. The molecule has 0 aromatic rings. The maximum absolute atomic E-state index is 12.0. The Balaban J connectivity index is 1.92. The smallest absolute Gasteiger partial charge is 0.410 e. The van der Waals surface area contributed by atoms with Crippen molar-refractivity contribution < 1.29 is 9.53 Å². The van der Waals surface area contributed by atoms with E-state index in [1.54, 1.807) is 0 Å². The summed E-state index contributed by atoms with van der Waals surface area (Å²) in [5.74, 6) is 1.65. The molecule has 2 rings (SSSR count). The number of hydrogen-bond acceptors (Lipinski definition) is 3. The molecule has 1 saturated carbocycles. The molecule has 0 aromatic heterocycles. The van der Waals surface area contributed by atoms with Crippen molar-refractivity contribution in [2.24, 2.45) is 11.3 Å². The summed E-state index contributed by atoms with van der Waals surface area (Å²) >= 11 is 4.38. The van der Waals surface area contributed by atoms with Crippen LogP contribution in [0.2, 0.25) is 0 Å². The van der Waals surface area contributed by atoms with Gasteiger partial charge in [-0.3, -0.25) is 0 Å². The van der Waals surface area contributed by atoms with Gasteiger partial charge in [0.05, 0.1) is 0 Å². The van der Waals surface area contributed by atoms with Gasteiger partial charge >= 0.3 is 6.09 Å². The number of carbonyl (C=O) groups is 1. The first-order chi connectivity index (χ1) is 7.86. The fraction of sp³-hybridized carbons (Fsp3) is 0.923. The molecule has 2 fully saturated rings. The third-order valence-electron chi connectivity index (χ3n) is 3.84. The van der Waals surface area contributed by atoms with Gasteiger partial charge < -0.3 is 9.64 Å². The minimum Gasteiger partial charge on any atom is -0.444 e. The van der Waals surface area contributed by atoms with Crippen molar-refractivity contribution in [3.8, 4) is 0 Å². The summed E-state index contributed by atoms with van der Waals surface area (Å²) < 4.78 is 5.44. The molecule has 0 bridgehead atoms. The average molecular weight is 257 g/mol. The zero-order valence-corrected chi connectivity index (χ0v) is 11.9. The van der Waals surface area contributed by atoms with E-state index in [2.05, 4.69) is 12.6 Å². The van der Waals surface area contributed by atoms with E-state index in [-0.39, 0.29) is 6.09 Å². The lowest BCUT2D eigenvalue weighted by molar-refractivity contribution is 0.0139. The summed E-state index contributed by atoms with van der Waals surface area (Å²) in [4.78, 5) is 13.9. The number of ether oxygens (including phenoxy) is 1. The summed E-state index contributed by atoms with van der Waals surface area (Å²) in [5.41, 5.74) is -0.0227. The van der Waals surface area contributed by atoms with Gasteiger partial charge in [0.2, 0.25) is 0 Å². The Hall–Kier alpha value is -0.380. The molecule has 2 unspecified atom stereocenters. The van der Waals surface area contributed by atoms with E-state index in [0.717, 1.165) is 25.3 Å². The molecule has 0 radical (unpaired) electrons. The molecule has 1 heterocycles. The molecule has 0 aromatic carbocycles. The quantitative estimate of drug-likeness (QED) is 0.732. The van der Waals surface area contributed by atoms with Crippen molar-refractivity contribution in [1.29, 1.82) is 0 Å². The molecule has 17 heavy (non-hydrogen) atoms. The maximum atomic E-state index is 12.0. The van der Waals surface area contributed by atoms with Crippen LogP contribution in [-0.4, -0.2) is 35.4 Å². The van der Waals surface area contributed by atoms with Crippen LogP contribution in [0.5, 0.6) is 0 Å². The Morgan fingerprint density at radius 1 is 1.53 bits per heavy atom. The summed E-state index contributed by atoms with van der Waals surface area (Å²) in [7, 11) is 0. The van der Waals surface area contributed by atoms with Crippen LogP contribution in [0.1, 0.15) is 40.0 Å². The highest BCUT2D eigenvalue weighted by Crippen LogP contribution is 2.58. The average Bonchev–Trinajstić information content (AvgIpc) is 2.88. The Labute approximate surface area is 109 Å². The fourth-order valence-electron chi connectivity index (χ4n) is 2.83. The molecule has 0 N–H and O–H groups in total. The maximum Gasteiger partial charge on any atom is 0.410 e. The third-order valence-corrected chi connectivity index (χ3v) is 4.28. The second-order valence-electron chi connectivity index (χ2n) is 6.45. The number of nitrogens with zero attached hydrogens (tertiary/aromatic N) is 1. The predicted octanol–water partition coefficient (Wildman–Crippen LogP) is 2.95. The van der Waals surface area contributed by atoms with E-state index in [1.165, 1.54) is 12.8 Å². The van der Waals surface area contributed by atoms with Crippen molar-refractivity contribution in [3.63, 3.8) is 0 Å². The van der Waals surface area contributed by atoms with Crippen molar-refractivity contribution in [1.82, 2.24) is 4.90 Å². The number of hydrogen-bond donors (Lipinski definition) is 1. The number of rotatable bonds is 1. The molecule has 1 spiro atoms. The normalized spacial score (nSPS) is 32.7. The standard InChI is InChI=1S/C13H23NO2S/c1-12(2,3)16-11(15)14-6-4-5-13(9-14)7-10(13)8-17/h10,17H,4-9H2,1-3H3. The van der Waals surface area contributed by atoms with Crippen molar-refractivity contribution in [2.75, 3.05) is 18.8 Å². The van der Waals surface area contributed by atoms with Gasteiger partial charge in [-0.1, -0.05) is 0 Å². The van der Waals surface area contributed by atoms with Gasteiger partial charge in [0.15, 0.2) is 0 Å². The third kappa shape index (κ3) is 2.90. The van der Waals surface area contributed by atoms with Gasteiger partial charge in [-0.15, -0.1) is 0 Å². The molecular weight excluding hydrogens is 234 g/mol. The van der Waals surface area contributed by atoms with Crippen LogP contribution in [0.3, 0.4) is 0 Å². The Bertz CT molecular complexity index is 313. The van der Waals surface area contributed by atoms with E-state index in [1.807, 2.05) is 25.7 Å². The van der Waals surface area contributed by atoms with Crippen LogP contribution in [-0.2, 0) is 4.74 Å². The van der Waals surface area contributed by atoms with Gasteiger partial charge in [0, 0.05) is 13.1 Å². The molecule has 98 valence electrons. The molecule has 4 heteroatoms. The Kier molecular flexibility index (Phi) is 3.36. The number of carbonyl (C=O) groups excluding carboxylic acids is 1. The zero-order chi connectivity index (χ0) is 12.7. The van der Waals surface area contributed by atoms with E-state index in [4.69, 9.17) is 4.74 Å². The van der Waals surface area contributed by atoms with Crippen LogP contribution >= 0.6 is 12.6 Å². The predicted molar refractivity (Wildman–Crippen MR) is 71.4 cm³/mol.